The van der Waals surface area contributed by atoms with Crippen molar-refractivity contribution in [1.82, 2.24) is 24.1 Å². The summed E-state index contributed by atoms with van der Waals surface area (Å²) >= 11 is 6.08. The summed E-state index contributed by atoms with van der Waals surface area (Å²) in [6.07, 6.45) is -1.93. The minimum Gasteiger partial charge on any atom is -0.381 e. The van der Waals surface area contributed by atoms with E-state index in [1.54, 1.807) is 4.57 Å². The average Bonchev–Trinajstić information content (AvgIpc) is 3.45. The van der Waals surface area contributed by atoms with Gasteiger partial charge in [-0.2, -0.15) is 22.7 Å². The molecule has 0 unspecified atom stereocenters. The fourth-order valence-corrected chi connectivity index (χ4v) is 5.67. The number of carbonyl (C=O) groups excluding carboxylic acids is 2. The van der Waals surface area contributed by atoms with Gasteiger partial charge >= 0.3 is 6.18 Å². The first-order chi connectivity index (χ1) is 21.2. The van der Waals surface area contributed by atoms with E-state index < -0.39 is 34.7 Å². The van der Waals surface area contributed by atoms with Gasteiger partial charge in [0.2, 0.25) is 11.7 Å². The largest absolute Gasteiger partial charge is 0.416 e. The van der Waals surface area contributed by atoms with E-state index >= 15 is 0 Å². The van der Waals surface area contributed by atoms with Crippen molar-refractivity contribution in [2.75, 3.05) is 49.6 Å². The normalized spacial score (nSPS) is 16.2. The number of alkyl halides is 3. The molecule has 2 aliphatic heterocycles. The van der Waals surface area contributed by atoms with Crippen LogP contribution < -0.4 is 15.8 Å². The van der Waals surface area contributed by atoms with Crippen molar-refractivity contribution in [3.63, 3.8) is 0 Å². The number of aromatic nitrogens is 4. The van der Waals surface area contributed by atoms with Gasteiger partial charge in [0, 0.05) is 26.2 Å². The maximum Gasteiger partial charge on any atom is 0.416 e. The molecule has 0 aliphatic carbocycles. The van der Waals surface area contributed by atoms with Crippen molar-refractivity contribution in [3.8, 4) is 0 Å². The number of hydrogen-bond acceptors (Lipinski definition) is 8. The third-order valence-electron chi connectivity index (χ3n) is 7.69. The standard InChI is InChI=1S/C29H33ClF3N7O5/c1-4-21-23(37-9-11-38(12-10-37)26(43)28(2,3)44)25(42)40-27(35-24(36-40)17-7-13-45-14-8-17)39(21)16-22(41)34-20-6-5-18(15-19(20)30)29(31,32)33/h5-7,15,44H,4,8-14,16H2,1-3H3,(H,34,41). The second-order valence-corrected chi connectivity index (χ2v) is 11.7. The van der Waals surface area contributed by atoms with E-state index in [4.69, 9.17) is 16.3 Å². The third kappa shape index (κ3) is 6.70. The van der Waals surface area contributed by atoms with Gasteiger partial charge in [-0.25, -0.2) is 0 Å². The van der Waals surface area contributed by atoms with Crippen LogP contribution in [0.5, 0.6) is 0 Å². The zero-order valence-electron chi connectivity index (χ0n) is 24.9. The molecule has 12 nitrogen and oxygen atoms in total. The first-order valence-electron chi connectivity index (χ1n) is 14.4. The Morgan fingerprint density at radius 1 is 1.16 bits per heavy atom. The lowest BCUT2D eigenvalue weighted by molar-refractivity contribution is -0.148. The molecule has 5 rings (SSSR count). The topological polar surface area (TPSA) is 134 Å². The molecule has 1 saturated heterocycles. The molecule has 4 heterocycles. The molecule has 0 atom stereocenters. The molecule has 2 aromatic heterocycles. The molecule has 45 heavy (non-hydrogen) atoms. The van der Waals surface area contributed by atoms with Crippen LogP contribution in [0.25, 0.3) is 11.4 Å². The van der Waals surface area contributed by atoms with Crippen LogP contribution in [-0.2, 0) is 33.5 Å². The summed E-state index contributed by atoms with van der Waals surface area (Å²) in [5.41, 5.74) is -1.38. The fourth-order valence-electron chi connectivity index (χ4n) is 5.44. The maximum atomic E-state index is 14.0. The summed E-state index contributed by atoms with van der Waals surface area (Å²) in [6.45, 7) is 6.21. The minimum absolute atomic E-state index is 0.00730. The van der Waals surface area contributed by atoms with Gasteiger partial charge in [-0.1, -0.05) is 24.6 Å². The van der Waals surface area contributed by atoms with E-state index in [1.807, 2.05) is 17.9 Å². The molecule has 16 heteroatoms. The van der Waals surface area contributed by atoms with E-state index in [9.17, 15) is 32.7 Å². The van der Waals surface area contributed by atoms with Crippen LogP contribution in [0.2, 0.25) is 5.02 Å². The molecule has 2 N–H and O–H groups in total. The number of nitrogens with zero attached hydrogens (tertiary/aromatic N) is 6. The van der Waals surface area contributed by atoms with Gasteiger partial charge in [0.25, 0.3) is 11.5 Å². The predicted octanol–water partition coefficient (Wildman–Crippen LogP) is 2.99. The zero-order chi connectivity index (χ0) is 32.7. The number of ether oxygens (including phenoxy) is 1. The van der Waals surface area contributed by atoms with Crippen molar-refractivity contribution in [1.29, 1.82) is 0 Å². The van der Waals surface area contributed by atoms with Gasteiger partial charge in [0.05, 0.1) is 35.2 Å². The van der Waals surface area contributed by atoms with Crippen molar-refractivity contribution in [2.24, 2.45) is 0 Å². The highest BCUT2D eigenvalue weighted by atomic mass is 35.5. The Morgan fingerprint density at radius 2 is 1.87 bits per heavy atom. The number of anilines is 2. The number of nitrogens with one attached hydrogen (secondary N) is 1. The van der Waals surface area contributed by atoms with Crippen LogP contribution in [0.1, 0.15) is 44.3 Å². The Labute approximate surface area is 261 Å². The summed E-state index contributed by atoms with van der Waals surface area (Å²) < 4.78 is 47.5. The molecular formula is C29H33ClF3N7O5. The van der Waals surface area contributed by atoms with Gasteiger partial charge in [-0.05, 0) is 50.5 Å². The third-order valence-corrected chi connectivity index (χ3v) is 8.00. The van der Waals surface area contributed by atoms with Crippen molar-refractivity contribution in [2.45, 2.75) is 51.9 Å². The Balaban J connectivity index is 1.53. The van der Waals surface area contributed by atoms with Crippen LogP contribution in [0, 0.1) is 0 Å². The maximum absolute atomic E-state index is 14.0. The summed E-state index contributed by atoms with van der Waals surface area (Å²) in [7, 11) is 0. The number of benzene rings is 1. The van der Waals surface area contributed by atoms with Crippen LogP contribution in [0.15, 0.2) is 29.1 Å². The van der Waals surface area contributed by atoms with Crippen LogP contribution >= 0.6 is 11.6 Å². The lowest BCUT2D eigenvalue weighted by atomic mass is 10.1. The molecule has 0 bridgehead atoms. The van der Waals surface area contributed by atoms with Crippen molar-refractivity contribution < 1.29 is 32.6 Å². The number of halogens is 4. The summed E-state index contributed by atoms with van der Waals surface area (Å²) in [5.74, 6) is -0.601. The molecule has 0 saturated carbocycles. The smallest absolute Gasteiger partial charge is 0.381 e. The highest BCUT2D eigenvalue weighted by Crippen LogP contribution is 2.34. The molecule has 1 fully saturated rings. The highest BCUT2D eigenvalue weighted by molar-refractivity contribution is 6.33. The number of aliphatic hydroxyl groups is 1. The summed E-state index contributed by atoms with van der Waals surface area (Å²) in [4.78, 5) is 48.0. The van der Waals surface area contributed by atoms with E-state index in [-0.39, 0.29) is 54.9 Å². The van der Waals surface area contributed by atoms with Crippen molar-refractivity contribution >= 4 is 46.1 Å². The Morgan fingerprint density at radius 3 is 2.44 bits per heavy atom. The fraction of sp³-hybridized carbons (Fsp3) is 0.483. The lowest BCUT2D eigenvalue weighted by Crippen LogP contribution is -2.55. The minimum atomic E-state index is -4.60. The molecule has 2 aliphatic rings. The first kappa shape index (κ1) is 32.4. The average molecular weight is 652 g/mol. The van der Waals surface area contributed by atoms with Crippen LogP contribution in [0.3, 0.4) is 0 Å². The molecule has 2 amide bonds. The summed E-state index contributed by atoms with van der Waals surface area (Å²) in [5, 5.41) is 17.0. The van der Waals surface area contributed by atoms with E-state index in [0.29, 0.717) is 37.6 Å². The van der Waals surface area contributed by atoms with Gasteiger partial charge in [-0.3, -0.25) is 14.4 Å². The molecule has 0 spiro atoms. The van der Waals surface area contributed by atoms with E-state index in [0.717, 1.165) is 28.3 Å². The second-order valence-electron chi connectivity index (χ2n) is 11.3. The highest BCUT2D eigenvalue weighted by Gasteiger charge is 2.34. The van der Waals surface area contributed by atoms with Gasteiger partial charge in [0.15, 0.2) is 5.82 Å². The Bertz CT molecular complexity index is 1720. The van der Waals surface area contributed by atoms with Crippen molar-refractivity contribution in [3.05, 3.63) is 56.7 Å². The predicted molar refractivity (Wildman–Crippen MR) is 160 cm³/mol. The number of rotatable bonds is 7. The molecule has 3 aromatic rings. The second kappa shape index (κ2) is 12.4. The number of piperazine rings is 1. The lowest BCUT2D eigenvalue weighted by Gasteiger charge is -2.38. The number of hydrogen-bond donors (Lipinski definition) is 2. The van der Waals surface area contributed by atoms with Gasteiger partial charge < -0.3 is 29.5 Å². The van der Waals surface area contributed by atoms with E-state index in [1.165, 1.54) is 18.7 Å². The van der Waals surface area contributed by atoms with Gasteiger partial charge in [-0.15, -0.1) is 5.10 Å². The molecule has 1 aromatic carbocycles. The number of carbonyl (C=O) groups is 2. The quantitative estimate of drug-likeness (QED) is 0.398. The number of fused-ring (bicyclic) bond motifs is 1. The SMILES string of the molecule is CCc1c(N2CCN(C(=O)C(C)(C)O)CC2)c(=O)n2nc(C3=CCOCC3)nc2n1CC(=O)Nc1ccc(C(F)(F)F)cc1Cl. The summed E-state index contributed by atoms with van der Waals surface area (Å²) in [6, 6.07) is 2.64. The monoisotopic (exact) mass is 651 g/mol. The van der Waals surface area contributed by atoms with Crippen LogP contribution in [-0.4, -0.2) is 86.0 Å². The molecule has 0 radical (unpaired) electrons. The Kier molecular flexibility index (Phi) is 8.97. The van der Waals surface area contributed by atoms with E-state index in [2.05, 4.69) is 15.4 Å². The number of amides is 2. The molecule has 242 valence electrons. The zero-order valence-corrected chi connectivity index (χ0v) is 25.7. The first-order valence-corrected chi connectivity index (χ1v) is 14.8. The Hall–Kier alpha value is -3.95. The van der Waals surface area contributed by atoms with Crippen LogP contribution in [0.4, 0.5) is 24.5 Å². The molecular weight excluding hydrogens is 619 g/mol. The van der Waals surface area contributed by atoms with Gasteiger partial charge in [0.1, 0.15) is 17.8 Å².